The van der Waals surface area contributed by atoms with Crippen LogP contribution in [0.5, 0.6) is 0 Å². The van der Waals surface area contributed by atoms with E-state index in [0.717, 1.165) is 43.5 Å². The van der Waals surface area contributed by atoms with Crippen molar-refractivity contribution in [1.82, 2.24) is 25.1 Å². The molecule has 3 aromatic rings. The van der Waals surface area contributed by atoms with Gasteiger partial charge in [0, 0.05) is 0 Å². The van der Waals surface area contributed by atoms with E-state index in [4.69, 9.17) is 10.3 Å². The van der Waals surface area contributed by atoms with E-state index in [0.29, 0.717) is 23.3 Å². The van der Waals surface area contributed by atoms with E-state index in [9.17, 15) is 0 Å². The van der Waals surface area contributed by atoms with Gasteiger partial charge in [-0.25, -0.2) is 4.68 Å². The molecule has 0 aliphatic heterocycles. The second-order valence-electron chi connectivity index (χ2n) is 7.73. The fourth-order valence-electron chi connectivity index (χ4n) is 3.46. The number of nitrogens with zero attached hydrogens (tertiary/aromatic N) is 5. The van der Waals surface area contributed by atoms with Crippen LogP contribution in [0.25, 0.3) is 17.3 Å². The van der Waals surface area contributed by atoms with Crippen molar-refractivity contribution in [3.8, 4) is 17.3 Å². The smallest absolute Gasteiger partial charge is 0.280 e. The molecule has 2 N–H and O–H groups in total. The normalized spacial score (nSPS) is 15.3. The van der Waals surface area contributed by atoms with Crippen LogP contribution < -0.4 is 5.73 Å². The van der Waals surface area contributed by atoms with Gasteiger partial charge in [-0.1, -0.05) is 49.7 Å². The van der Waals surface area contributed by atoms with Crippen molar-refractivity contribution < 1.29 is 4.52 Å². The molecule has 0 atom stereocenters. The van der Waals surface area contributed by atoms with Crippen LogP contribution in [-0.2, 0) is 12.0 Å². The number of nitrogens with two attached hydrogens (primary N) is 1. The maximum Gasteiger partial charge on any atom is 0.280 e. The van der Waals surface area contributed by atoms with Gasteiger partial charge in [0.25, 0.3) is 5.89 Å². The molecule has 1 aromatic carbocycles. The Morgan fingerprint density at radius 3 is 2.71 bits per heavy atom. The third-order valence-corrected chi connectivity index (χ3v) is 5.35. The lowest BCUT2D eigenvalue weighted by atomic mass is 9.77. The SMILES string of the molecule is CCCc1c(-c2nc(C3(N)CCC3)no2)nnn1-c1cccc(C(C)C)c1.Cl. The Hall–Kier alpha value is -2.25. The summed E-state index contributed by atoms with van der Waals surface area (Å²) in [7, 11) is 0. The van der Waals surface area contributed by atoms with Gasteiger partial charge in [-0.05, 0) is 49.3 Å². The van der Waals surface area contributed by atoms with Gasteiger partial charge in [0.15, 0.2) is 11.5 Å². The van der Waals surface area contributed by atoms with Gasteiger partial charge < -0.3 is 10.3 Å². The third-order valence-electron chi connectivity index (χ3n) is 5.35. The first-order valence-corrected chi connectivity index (χ1v) is 9.70. The summed E-state index contributed by atoms with van der Waals surface area (Å²) in [4.78, 5) is 4.55. The van der Waals surface area contributed by atoms with Crippen LogP contribution in [-0.4, -0.2) is 25.1 Å². The number of hydrogen-bond donors (Lipinski definition) is 1. The zero-order valence-corrected chi connectivity index (χ0v) is 17.4. The average molecular weight is 403 g/mol. The van der Waals surface area contributed by atoms with Crippen LogP contribution in [0.2, 0.25) is 0 Å². The summed E-state index contributed by atoms with van der Waals surface area (Å²) in [6, 6.07) is 8.40. The first-order chi connectivity index (χ1) is 13.0. The Balaban J connectivity index is 0.00000225. The Morgan fingerprint density at radius 1 is 1.29 bits per heavy atom. The second-order valence-corrected chi connectivity index (χ2v) is 7.73. The fraction of sp³-hybridized carbons (Fsp3) is 0.500. The largest absolute Gasteiger partial charge is 0.332 e. The minimum absolute atomic E-state index is 0. The molecule has 0 saturated heterocycles. The fourth-order valence-corrected chi connectivity index (χ4v) is 3.46. The molecule has 0 bridgehead atoms. The van der Waals surface area contributed by atoms with Crippen LogP contribution in [0.3, 0.4) is 0 Å². The maximum absolute atomic E-state index is 6.33. The molecule has 2 heterocycles. The molecule has 4 rings (SSSR count). The monoisotopic (exact) mass is 402 g/mol. The Bertz CT molecular complexity index is 944. The quantitative estimate of drug-likeness (QED) is 0.665. The number of benzene rings is 1. The van der Waals surface area contributed by atoms with Crippen molar-refractivity contribution in [3.63, 3.8) is 0 Å². The van der Waals surface area contributed by atoms with Crippen molar-refractivity contribution in [2.75, 3.05) is 0 Å². The predicted molar refractivity (Wildman–Crippen MR) is 110 cm³/mol. The standard InChI is InChI=1S/C20H26N6O.ClH/c1-4-7-16-17(18-22-19(24-27-18)20(21)10-6-11-20)23-25-26(16)15-9-5-8-14(12-15)13(2)3;/h5,8-9,12-13H,4,6-7,10-11,21H2,1-3H3;1H. The van der Waals surface area contributed by atoms with E-state index < -0.39 is 5.54 Å². The number of aromatic nitrogens is 5. The zero-order valence-electron chi connectivity index (χ0n) is 16.6. The number of halogens is 1. The summed E-state index contributed by atoms with van der Waals surface area (Å²) < 4.78 is 7.40. The van der Waals surface area contributed by atoms with E-state index in [1.54, 1.807) is 0 Å². The summed E-state index contributed by atoms with van der Waals surface area (Å²) in [6.45, 7) is 6.50. The first-order valence-electron chi connectivity index (χ1n) is 9.70. The minimum Gasteiger partial charge on any atom is -0.332 e. The molecular weight excluding hydrogens is 376 g/mol. The molecule has 150 valence electrons. The lowest BCUT2D eigenvalue weighted by Gasteiger charge is -2.34. The molecule has 8 heteroatoms. The van der Waals surface area contributed by atoms with Gasteiger partial charge in [0.2, 0.25) is 0 Å². The second kappa shape index (κ2) is 8.01. The molecule has 1 saturated carbocycles. The zero-order chi connectivity index (χ0) is 19.0. The van der Waals surface area contributed by atoms with Crippen LogP contribution in [0.15, 0.2) is 28.8 Å². The van der Waals surface area contributed by atoms with Crippen molar-refractivity contribution in [2.45, 2.75) is 64.3 Å². The highest BCUT2D eigenvalue weighted by Crippen LogP contribution is 2.38. The molecule has 0 spiro atoms. The molecule has 28 heavy (non-hydrogen) atoms. The molecule has 0 radical (unpaired) electrons. The average Bonchev–Trinajstić information content (AvgIpc) is 3.27. The number of hydrogen-bond acceptors (Lipinski definition) is 6. The Morgan fingerprint density at radius 2 is 2.07 bits per heavy atom. The molecule has 2 aromatic heterocycles. The lowest BCUT2D eigenvalue weighted by molar-refractivity contribution is 0.229. The van der Waals surface area contributed by atoms with Gasteiger partial charge in [-0.2, -0.15) is 4.98 Å². The highest BCUT2D eigenvalue weighted by molar-refractivity contribution is 5.85. The molecule has 0 amide bonds. The van der Waals surface area contributed by atoms with Gasteiger partial charge in [-0.15, -0.1) is 17.5 Å². The topological polar surface area (TPSA) is 95.7 Å². The van der Waals surface area contributed by atoms with Crippen LogP contribution >= 0.6 is 12.4 Å². The van der Waals surface area contributed by atoms with E-state index >= 15 is 0 Å². The minimum atomic E-state index is -0.450. The van der Waals surface area contributed by atoms with E-state index in [1.165, 1.54) is 5.56 Å². The lowest BCUT2D eigenvalue weighted by Crippen LogP contribution is -2.44. The molecule has 0 unspecified atom stereocenters. The van der Waals surface area contributed by atoms with Crippen molar-refractivity contribution in [3.05, 3.63) is 41.3 Å². The van der Waals surface area contributed by atoms with E-state index in [1.807, 2.05) is 10.7 Å². The van der Waals surface area contributed by atoms with Gasteiger partial charge >= 0.3 is 0 Å². The van der Waals surface area contributed by atoms with Crippen LogP contribution in [0.4, 0.5) is 0 Å². The van der Waals surface area contributed by atoms with Gasteiger partial charge in [-0.3, -0.25) is 0 Å². The van der Waals surface area contributed by atoms with Crippen LogP contribution in [0, 0.1) is 0 Å². The Kier molecular flexibility index (Phi) is 5.86. The summed E-state index contributed by atoms with van der Waals surface area (Å²) >= 11 is 0. The summed E-state index contributed by atoms with van der Waals surface area (Å²) in [6.07, 6.45) is 4.67. The van der Waals surface area contributed by atoms with Crippen molar-refractivity contribution >= 4 is 12.4 Å². The molecule has 1 aliphatic carbocycles. The number of rotatable bonds is 6. The van der Waals surface area contributed by atoms with Crippen molar-refractivity contribution in [2.24, 2.45) is 5.73 Å². The first kappa shape index (κ1) is 20.5. The Labute approximate surface area is 171 Å². The maximum atomic E-state index is 6.33. The van der Waals surface area contributed by atoms with Crippen LogP contribution in [0.1, 0.15) is 69.5 Å². The summed E-state index contributed by atoms with van der Waals surface area (Å²) in [5, 5.41) is 12.9. The molecule has 7 nitrogen and oxygen atoms in total. The van der Waals surface area contributed by atoms with E-state index in [2.05, 4.69) is 59.4 Å². The predicted octanol–water partition coefficient (Wildman–Crippen LogP) is 4.15. The molecular formula is C20H27ClN6O. The summed E-state index contributed by atoms with van der Waals surface area (Å²) in [5.41, 5.74) is 9.77. The van der Waals surface area contributed by atoms with Crippen molar-refractivity contribution in [1.29, 1.82) is 0 Å². The van der Waals surface area contributed by atoms with Gasteiger partial charge in [0.05, 0.1) is 16.9 Å². The highest BCUT2D eigenvalue weighted by Gasteiger charge is 2.39. The molecule has 1 aliphatic rings. The van der Waals surface area contributed by atoms with Gasteiger partial charge in [0.1, 0.15) is 0 Å². The third kappa shape index (κ3) is 3.56. The summed E-state index contributed by atoms with van der Waals surface area (Å²) in [5.74, 6) is 1.42. The molecule has 1 fully saturated rings. The highest BCUT2D eigenvalue weighted by atomic mass is 35.5. The van der Waals surface area contributed by atoms with E-state index in [-0.39, 0.29) is 12.4 Å².